The number of hydrogen-bond donors (Lipinski definition) is 4. The Morgan fingerprint density at radius 3 is 1.30 bits per heavy atom. The van der Waals surface area contributed by atoms with Gasteiger partial charge in [-0.2, -0.15) is 0 Å². The second-order valence-corrected chi connectivity index (χ2v) is 15.5. The van der Waals surface area contributed by atoms with Gasteiger partial charge < -0.3 is 35.1 Å². The second-order valence-electron chi connectivity index (χ2n) is 12.0. The summed E-state index contributed by atoms with van der Waals surface area (Å²) in [6.45, 7) is 9.02. The molecule has 292 valence electrons. The molecule has 54 heavy (non-hydrogen) atoms. The molecule has 0 aromatic heterocycles. The summed E-state index contributed by atoms with van der Waals surface area (Å²) in [4.78, 5) is 21.5. The van der Waals surface area contributed by atoms with Gasteiger partial charge >= 0.3 is 11.9 Å². The van der Waals surface area contributed by atoms with Gasteiger partial charge in [0.1, 0.15) is 31.4 Å². The molecule has 0 saturated carbocycles. The maximum absolute atomic E-state index is 13.1. The van der Waals surface area contributed by atoms with Crippen LogP contribution in [0.25, 0.3) is 0 Å². The summed E-state index contributed by atoms with van der Waals surface area (Å²) in [5.41, 5.74) is 7.34. The number of carbonyl (C=O) groups is 2. The number of hydrogen-bond acceptors (Lipinski definition) is 7. The normalized spacial score (nSPS) is 10.7. The minimum Gasteiger partial charge on any atom is -0.487 e. The average Bonchev–Trinajstić information content (AvgIpc) is 3.12. The molecule has 0 amide bonds. The molecule has 4 aromatic rings. The lowest BCUT2D eigenvalue weighted by molar-refractivity contribution is -0.138. The molecule has 0 aliphatic heterocycles. The van der Waals surface area contributed by atoms with Crippen molar-refractivity contribution < 1.29 is 38.4 Å². The summed E-state index contributed by atoms with van der Waals surface area (Å²) in [6, 6.07) is 19.3. The summed E-state index contributed by atoms with van der Waals surface area (Å²) >= 11 is 14.0. The van der Waals surface area contributed by atoms with Crippen molar-refractivity contribution in [3.63, 3.8) is 0 Å². The second kappa shape index (κ2) is 23.7. The molecule has 4 rings (SSSR count). The Hall–Kier alpha value is -3.17. The molecule has 0 spiro atoms. The van der Waals surface area contributed by atoms with Crippen LogP contribution in [0.1, 0.15) is 67.0 Å². The van der Waals surface area contributed by atoms with Gasteiger partial charge in [0, 0.05) is 43.9 Å². The number of benzene rings is 4. The van der Waals surface area contributed by atoms with Crippen molar-refractivity contribution in [1.82, 2.24) is 0 Å². The van der Waals surface area contributed by atoms with Crippen LogP contribution in [0.4, 0.5) is 15.8 Å². The molecule has 0 bridgehead atoms. The average molecular weight is 1000 g/mol. The van der Waals surface area contributed by atoms with Crippen LogP contribution in [-0.2, 0) is 53.7 Å². The number of ether oxygens (including phenoxy) is 3. The number of carboxylic acids is 2. The zero-order chi connectivity index (χ0) is 39.6. The Balaban J connectivity index is 0.000000291. The highest BCUT2D eigenvalue weighted by atomic mass is 79.9. The maximum Gasteiger partial charge on any atom is 0.303 e. The van der Waals surface area contributed by atoms with Crippen LogP contribution in [0.3, 0.4) is 0 Å². The monoisotopic (exact) mass is 1000 g/mol. The Morgan fingerprint density at radius 1 is 0.574 bits per heavy atom. The lowest BCUT2D eigenvalue weighted by Gasteiger charge is -2.14. The highest BCUT2D eigenvalue weighted by Gasteiger charge is 2.13. The van der Waals surface area contributed by atoms with Crippen LogP contribution >= 0.6 is 63.7 Å². The van der Waals surface area contributed by atoms with Crippen molar-refractivity contribution in [2.75, 3.05) is 30.3 Å². The molecule has 0 atom stereocenters. The van der Waals surface area contributed by atoms with Crippen LogP contribution in [-0.4, -0.2) is 41.8 Å². The van der Waals surface area contributed by atoms with Gasteiger partial charge in [-0.05, 0) is 191 Å². The number of anilines is 2. The van der Waals surface area contributed by atoms with E-state index >= 15 is 0 Å². The van der Waals surface area contributed by atoms with Gasteiger partial charge in [0.2, 0.25) is 0 Å². The van der Waals surface area contributed by atoms with Crippen molar-refractivity contribution in [2.45, 2.75) is 72.9 Å². The number of rotatable bonds is 20. The fourth-order valence-corrected chi connectivity index (χ4v) is 8.31. The fourth-order valence-electron chi connectivity index (χ4n) is 5.29. The van der Waals surface area contributed by atoms with Crippen molar-refractivity contribution in [3.8, 4) is 11.5 Å². The highest BCUT2D eigenvalue weighted by molar-refractivity contribution is 9.11. The first-order chi connectivity index (χ1) is 25.8. The number of carboxylic acid groups (broad SMARTS) is 2. The van der Waals surface area contributed by atoms with Gasteiger partial charge in [0.25, 0.3) is 0 Å². The third-order valence-corrected chi connectivity index (χ3v) is 9.99. The van der Waals surface area contributed by atoms with Crippen molar-refractivity contribution in [2.24, 2.45) is 0 Å². The summed E-state index contributed by atoms with van der Waals surface area (Å²) in [6.07, 6.45) is 1.08. The Morgan fingerprint density at radius 2 is 0.944 bits per heavy atom. The molecule has 0 fully saturated rings. The van der Waals surface area contributed by atoms with E-state index < -0.39 is 18.6 Å². The molecule has 0 saturated heterocycles. The molecule has 0 unspecified atom stereocenters. The van der Waals surface area contributed by atoms with Gasteiger partial charge in [-0.25, -0.2) is 4.39 Å². The Kier molecular flexibility index (Phi) is 19.8. The van der Waals surface area contributed by atoms with Gasteiger partial charge in [0.15, 0.2) is 0 Å². The summed E-state index contributed by atoms with van der Waals surface area (Å²) in [5, 5.41) is 24.2. The van der Waals surface area contributed by atoms with E-state index in [1.807, 2.05) is 44.2 Å². The number of halogens is 5. The van der Waals surface area contributed by atoms with Crippen LogP contribution in [0.15, 0.2) is 78.6 Å². The minimum atomic E-state index is -0.832. The molecule has 14 heteroatoms. The van der Waals surface area contributed by atoms with E-state index in [2.05, 4.69) is 99.5 Å². The van der Waals surface area contributed by atoms with Crippen molar-refractivity contribution in [1.29, 1.82) is 0 Å². The summed E-state index contributed by atoms with van der Waals surface area (Å²) in [7, 11) is 0. The van der Waals surface area contributed by atoms with Crippen molar-refractivity contribution >= 4 is 87.0 Å². The first-order valence-corrected chi connectivity index (χ1v) is 20.5. The van der Waals surface area contributed by atoms with E-state index in [-0.39, 0.29) is 19.4 Å². The molecule has 0 aliphatic carbocycles. The fraction of sp³-hybridized carbons (Fsp3) is 0.350. The van der Waals surface area contributed by atoms with Crippen LogP contribution in [0.2, 0.25) is 0 Å². The van der Waals surface area contributed by atoms with Crippen molar-refractivity contribution in [3.05, 3.63) is 112 Å². The van der Waals surface area contributed by atoms with Gasteiger partial charge in [0.05, 0.1) is 24.5 Å². The van der Waals surface area contributed by atoms with E-state index in [4.69, 9.17) is 24.4 Å². The largest absolute Gasteiger partial charge is 0.487 e. The lowest BCUT2D eigenvalue weighted by atomic mass is 10.1. The highest BCUT2D eigenvalue weighted by Crippen LogP contribution is 2.37. The first kappa shape index (κ1) is 45.2. The molecule has 9 nitrogen and oxygen atoms in total. The zero-order valence-corrected chi connectivity index (χ0v) is 36.7. The number of aliphatic carboxylic acids is 2. The predicted octanol–water partition coefficient (Wildman–Crippen LogP) is 11.5. The third kappa shape index (κ3) is 15.5. The molecule has 0 aliphatic rings. The van der Waals surface area contributed by atoms with E-state index in [1.165, 1.54) is 0 Å². The number of alkyl halides is 1. The van der Waals surface area contributed by atoms with Crippen LogP contribution in [0.5, 0.6) is 11.5 Å². The maximum atomic E-state index is 13.1. The Labute approximate surface area is 349 Å². The predicted molar refractivity (Wildman–Crippen MR) is 226 cm³/mol. The molecular weight excluding hydrogens is 959 g/mol. The van der Waals surface area contributed by atoms with E-state index in [0.717, 1.165) is 70.2 Å². The standard InChI is InChI=1S/C21H25Br2NO4.C19H20Br2FNO3/c1-3-24-17-8-15(12-27-4-2)7-16(9-17)13-28-21-18(22)10-14(11-19(21)23)5-6-20(25)26;1-2-23-15-6-13(10-22)5-14(7-15)11-26-19-16(20)8-12(9-17(19)21)3-4-18(24)25/h7-11,24H,3-6,12-13H2,1-2H3,(H,25,26);5-9,23H,2-4,10-11H2,1H3,(H,24,25). The summed E-state index contributed by atoms with van der Waals surface area (Å²) in [5.74, 6) is -0.322. The minimum absolute atomic E-state index is 0.0717. The topological polar surface area (TPSA) is 126 Å². The number of nitrogens with one attached hydrogen (secondary N) is 2. The van der Waals surface area contributed by atoms with Crippen LogP contribution < -0.4 is 20.1 Å². The SMILES string of the molecule is CCNc1cc(CF)cc(COc2c(Br)cc(CCC(=O)O)cc2Br)c1.CCNc1cc(COCC)cc(COc2c(Br)cc(CCC(=O)O)cc2Br)c1. The molecular formula is C40H45Br4FN2O7. The molecule has 0 radical (unpaired) electrons. The van der Waals surface area contributed by atoms with Gasteiger partial charge in [-0.15, -0.1) is 0 Å². The lowest BCUT2D eigenvalue weighted by Crippen LogP contribution is -2.03. The van der Waals surface area contributed by atoms with E-state index in [0.29, 0.717) is 49.7 Å². The molecule has 4 N–H and O–H groups in total. The van der Waals surface area contributed by atoms with E-state index in [1.54, 1.807) is 12.1 Å². The van der Waals surface area contributed by atoms with E-state index in [9.17, 15) is 14.0 Å². The van der Waals surface area contributed by atoms with Gasteiger partial charge in [-0.1, -0.05) is 0 Å². The first-order valence-electron chi connectivity index (χ1n) is 17.4. The zero-order valence-electron chi connectivity index (χ0n) is 30.4. The smallest absolute Gasteiger partial charge is 0.303 e. The third-order valence-electron chi connectivity index (χ3n) is 7.63. The molecule has 0 heterocycles. The number of aryl methyl sites for hydroxylation is 2. The Bertz CT molecular complexity index is 1820. The molecule has 4 aromatic carbocycles. The van der Waals surface area contributed by atoms with Crippen LogP contribution in [0, 0.1) is 0 Å². The summed E-state index contributed by atoms with van der Waals surface area (Å²) < 4.78 is 33.6. The van der Waals surface area contributed by atoms with Gasteiger partial charge in [-0.3, -0.25) is 9.59 Å². The quantitative estimate of drug-likeness (QED) is 0.0685.